The molecule has 1 atom stereocenters. The van der Waals surface area contributed by atoms with E-state index in [0.717, 1.165) is 5.92 Å². The molecule has 82 valence electrons. The molecule has 2 aliphatic rings. The molecule has 0 aromatic heterocycles. The van der Waals surface area contributed by atoms with Gasteiger partial charge in [0, 0.05) is 12.1 Å². The first-order chi connectivity index (χ1) is 6.56. The number of rotatable bonds is 1. The lowest BCUT2D eigenvalue weighted by Gasteiger charge is -2.43. The third kappa shape index (κ3) is 1.71. The topological polar surface area (TPSA) is 12.0 Å². The minimum Gasteiger partial charge on any atom is -0.311 e. The van der Waals surface area contributed by atoms with Gasteiger partial charge in [0.2, 0.25) is 0 Å². The van der Waals surface area contributed by atoms with E-state index in [1.807, 2.05) is 0 Å². The SMILES string of the molecule is CC(C)C1(C)CCCC2(CCC2)NC1. The highest BCUT2D eigenvalue weighted by Crippen LogP contribution is 2.43. The van der Waals surface area contributed by atoms with Crippen LogP contribution in [0.15, 0.2) is 0 Å². The zero-order chi connectivity index (χ0) is 10.2. The van der Waals surface area contributed by atoms with E-state index in [1.165, 1.54) is 45.1 Å². The molecule has 2 fully saturated rings. The molecule has 14 heavy (non-hydrogen) atoms. The van der Waals surface area contributed by atoms with Crippen molar-refractivity contribution in [2.75, 3.05) is 6.54 Å². The highest BCUT2D eigenvalue weighted by atomic mass is 15.0. The van der Waals surface area contributed by atoms with E-state index in [-0.39, 0.29) is 0 Å². The molecule has 0 bridgehead atoms. The number of nitrogens with one attached hydrogen (secondary N) is 1. The van der Waals surface area contributed by atoms with Crippen LogP contribution in [0.2, 0.25) is 0 Å². The van der Waals surface area contributed by atoms with Crippen LogP contribution < -0.4 is 5.32 Å². The molecular formula is C13H25N. The van der Waals surface area contributed by atoms with Crippen LogP contribution in [0.5, 0.6) is 0 Å². The summed E-state index contributed by atoms with van der Waals surface area (Å²) < 4.78 is 0. The average molecular weight is 195 g/mol. The monoisotopic (exact) mass is 195 g/mol. The van der Waals surface area contributed by atoms with E-state index in [9.17, 15) is 0 Å². The maximum atomic E-state index is 3.87. The molecule has 1 nitrogen and oxygen atoms in total. The Morgan fingerprint density at radius 1 is 1.00 bits per heavy atom. The van der Waals surface area contributed by atoms with Gasteiger partial charge >= 0.3 is 0 Å². The summed E-state index contributed by atoms with van der Waals surface area (Å²) >= 11 is 0. The molecule has 0 radical (unpaired) electrons. The van der Waals surface area contributed by atoms with E-state index >= 15 is 0 Å². The van der Waals surface area contributed by atoms with E-state index in [1.54, 1.807) is 0 Å². The Hall–Kier alpha value is -0.0400. The molecule has 1 spiro atoms. The normalized spacial score (nSPS) is 36.9. The van der Waals surface area contributed by atoms with Gasteiger partial charge in [0.25, 0.3) is 0 Å². The van der Waals surface area contributed by atoms with Crippen LogP contribution in [-0.2, 0) is 0 Å². The van der Waals surface area contributed by atoms with Gasteiger partial charge in [0.05, 0.1) is 0 Å². The molecule has 0 aromatic carbocycles. The lowest BCUT2D eigenvalue weighted by Crippen LogP contribution is -2.52. The lowest BCUT2D eigenvalue weighted by molar-refractivity contribution is 0.152. The first-order valence-electron chi connectivity index (χ1n) is 6.31. The van der Waals surface area contributed by atoms with E-state index in [2.05, 4.69) is 26.1 Å². The summed E-state index contributed by atoms with van der Waals surface area (Å²) in [4.78, 5) is 0. The second-order valence-electron chi connectivity index (χ2n) is 6.15. The van der Waals surface area contributed by atoms with Gasteiger partial charge in [0.1, 0.15) is 0 Å². The fourth-order valence-electron chi connectivity index (χ4n) is 2.92. The second kappa shape index (κ2) is 3.52. The number of hydrogen-bond acceptors (Lipinski definition) is 1. The minimum atomic E-state index is 0.541. The second-order valence-corrected chi connectivity index (χ2v) is 6.15. The largest absolute Gasteiger partial charge is 0.311 e. The molecule has 1 heteroatoms. The molecule has 1 saturated carbocycles. The fraction of sp³-hybridized carbons (Fsp3) is 1.00. The lowest BCUT2D eigenvalue weighted by atomic mass is 9.74. The molecule has 1 saturated heterocycles. The Morgan fingerprint density at radius 3 is 2.07 bits per heavy atom. The first kappa shape index (κ1) is 10.5. The van der Waals surface area contributed by atoms with Crippen LogP contribution in [0.3, 0.4) is 0 Å². The van der Waals surface area contributed by atoms with Crippen molar-refractivity contribution in [1.82, 2.24) is 5.32 Å². The summed E-state index contributed by atoms with van der Waals surface area (Å²) in [7, 11) is 0. The third-order valence-corrected chi connectivity index (χ3v) is 4.97. The van der Waals surface area contributed by atoms with Crippen LogP contribution in [-0.4, -0.2) is 12.1 Å². The van der Waals surface area contributed by atoms with Gasteiger partial charge in [0.15, 0.2) is 0 Å². The molecule has 0 aromatic rings. The highest BCUT2D eigenvalue weighted by molar-refractivity contribution is 5.00. The Labute approximate surface area is 88.7 Å². The molecule has 2 rings (SSSR count). The molecule has 1 heterocycles. The van der Waals surface area contributed by atoms with Crippen molar-refractivity contribution in [3.05, 3.63) is 0 Å². The van der Waals surface area contributed by atoms with Crippen LogP contribution in [0.25, 0.3) is 0 Å². The maximum absolute atomic E-state index is 3.87. The number of hydrogen-bond donors (Lipinski definition) is 1. The summed E-state index contributed by atoms with van der Waals surface area (Å²) in [5.74, 6) is 0.810. The predicted molar refractivity (Wildman–Crippen MR) is 61.4 cm³/mol. The Balaban J connectivity index is 2.00. The van der Waals surface area contributed by atoms with Gasteiger partial charge in [-0.05, 0) is 43.4 Å². The van der Waals surface area contributed by atoms with Gasteiger partial charge in [-0.2, -0.15) is 0 Å². The Bertz CT molecular complexity index is 205. The quantitative estimate of drug-likeness (QED) is 0.676. The van der Waals surface area contributed by atoms with Crippen molar-refractivity contribution < 1.29 is 0 Å². The first-order valence-corrected chi connectivity index (χ1v) is 6.31. The molecule has 0 amide bonds. The van der Waals surface area contributed by atoms with Gasteiger partial charge in [-0.25, -0.2) is 0 Å². The zero-order valence-electron chi connectivity index (χ0n) is 10.0. The van der Waals surface area contributed by atoms with Gasteiger partial charge in [-0.1, -0.05) is 27.2 Å². The summed E-state index contributed by atoms with van der Waals surface area (Å²) in [5, 5.41) is 3.87. The summed E-state index contributed by atoms with van der Waals surface area (Å²) in [5.41, 5.74) is 1.12. The van der Waals surface area contributed by atoms with E-state index in [0.29, 0.717) is 11.0 Å². The van der Waals surface area contributed by atoms with Crippen molar-refractivity contribution in [3.8, 4) is 0 Å². The van der Waals surface area contributed by atoms with Crippen LogP contribution in [0, 0.1) is 11.3 Å². The highest BCUT2D eigenvalue weighted by Gasteiger charge is 2.41. The fourth-order valence-corrected chi connectivity index (χ4v) is 2.92. The van der Waals surface area contributed by atoms with Crippen molar-refractivity contribution >= 4 is 0 Å². The molecular weight excluding hydrogens is 170 g/mol. The smallest absolute Gasteiger partial charge is 0.0181 e. The van der Waals surface area contributed by atoms with Gasteiger partial charge in [-0.3, -0.25) is 0 Å². The molecule has 1 aliphatic heterocycles. The average Bonchev–Trinajstić information content (AvgIpc) is 2.24. The summed E-state index contributed by atoms with van der Waals surface area (Å²) in [6.45, 7) is 8.45. The van der Waals surface area contributed by atoms with Gasteiger partial charge in [-0.15, -0.1) is 0 Å². The van der Waals surface area contributed by atoms with Crippen molar-refractivity contribution in [1.29, 1.82) is 0 Å². The minimum absolute atomic E-state index is 0.541. The van der Waals surface area contributed by atoms with Crippen LogP contribution in [0.4, 0.5) is 0 Å². The van der Waals surface area contributed by atoms with Crippen LogP contribution >= 0.6 is 0 Å². The predicted octanol–water partition coefficient (Wildman–Crippen LogP) is 3.34. The molecule has 1 unspecified atom stereocenters. The van der Waals surface area contributed by atoms with Crippen molar-refractivity contribution in [2.45, 2.75) is 64.8 Å². The molecule has 1 N–H and O–H groups in total. The summed E-state index contributed by atoms with van der Waals surface area (Å²) in [6, 6.07) is 0. The van der Waals surface area contributed by atoms with Crippen molar-refractivity contribution in [3.63, 3.8) is 0 Å². The molecule has 1 aliphatic carbocycles. The Kier molecular flexibility index (Phi) is 2.63. The van der Waals surface area contributed by atoms with E-state index < -0.39 is 0 Å². The summed E-state index contributed by atoms with van der Waals surface area (Å²) in [6.07, 6.45) is 8.59. The maximum Gasteiger partial charge on any atom is 0.0181 e. The Morgan fingerprint density at radius 2 is 1.57 bits per heavy atom. The third-order valence-electron chi connectivity index (χ3n) is 4.97. The van der Waals surface area contributed by atoms with Gasteiger partial charge < -0.3 is 5.32 Å². The standard InChI is InChI=1S/C13H25N/c1-11(2)12(3)6-4-7-13(14-10-12)8-5-9-13/h11,14H,4-10H2,1-3H3. The zero-order valence-corrected chi connectivity index (χ0v) is 10.0. The van der Waals surface area contributed by atoms with Crippen molar-refractivity contribution in [2.24, 2.45) is 11.3 Å². The van der Waals surface area contributed by atoms with Crippen LogP contribution in [0.1, 0.15) is 59.3 Å². The van der Waals surface area contributed by atoms with E-state index in [4.69, 9.17) is 0 Å².